The summed E-state index contributed by atoms with van der Waals surface area (Å²) in [5.41, 5.74) is 13.5. The first kappa shape index (κ1) is 14.7. The number of nitrogen functional groups attached to an aromatic ring is 1. The van der Waals surface area contributed by atoms with Crippen molar-refractivity contribution in [3.63, 3.8) is 0 Å². The Morgan fingerprint density at radius 2 is 1.95 bits per heavy atom. The summed E-state index contributed by atoms with van der Waals surface area (Å²) >= 11 is 0. The molecule has 1 aromatic rings. The summed E-state index contributed by atoms with van der Waals surface area (Å²) in [7, 11) is 6.30. The highest BCUT2D eigenvalue weighted by molar-refractivity contribution is 5.94. The summed E-state index contributed by atoms with van der Waals surface area (Å²) < 4.78 is 0. The van der Waals surface area contributed by atoms with Crippen molar-refractivity contribution >= 4 is 17.3 Å². The molecule has 1 aromatic carbocycles. The van der Waals surface area contributed by atoms with Crippen molar-refractivity contribution in [1.29, 1.82) is 0 Å². The fourth-order valence-corrected chi connectivity index (χ4v) is 2.91. The number of benzene rings is 1. The molecule has 0 spiro atoms. The van der Waals surface area contributed by atoms with Crippen LogP contribution in [0.2, 0.25) is 0 Å². The summed E-state index contributed by atoms with van der Waals surface area (Å²) in [5, 5.41) is 0. The van der Waals surface area contributed by atoms with Gasteiger partial charge in [-0.05, 0) is 51.6 Å². The minimum absolute atomic E-state index is 0.240. The summed E-state index contributed by atoms with van der Waals surface area (Å²) in [4.78, 5) is 15.6. The molecule has 0 aromatic heterocycles. The van der Waals surface area contributed by atoms with Crippen LogP contribution in [0, 0.1) is 0 Å². The molecule has 5 nitrogen and oxygen atoms in total. The van der Waals surface area contributed by atoms with Gasteiger partial charge >= 0.3 is 0 Å². The van der Waals surface area contributed by atoms with Crippen molar-refractivity contribution in [2.24, 2.45) is 5.73 Å². The highest BCUT2D eigenvalue weighted by Crippen LogP contribution is 2.38. The Balaban J connectivity index is 2.17. The Labute approximate surface area is 120 Å². The molecule has 0 saturated heterocycles. The number of hydrogen-bond acceptors (Lipinski definition) is 4. The molecule has 0 atom stereocenters. The molecule has 0 radical (unpaired) electrons. The van der Waals surface area contributed by atoms with Crippen molar-refractivity contribution in [2.45, 2.75) is 24.8 Å². The number of likely N-dealkylation sites (N-methyl/N-ethyl adjacent to an activating group) is 2. The van der Waals surface area contributed by atoms with Crippen LogP contribution in [-0.4, -0.2) is 44.0 Å². The van der Waals surface area contributed by atoms with Crippen LogP contribution in [0.25, 0.3) is 0 Å². The fraction of sp³-hybridized carbons (Fsp3) is 0.533. The SMILES string of the molecule is CN(CC1(N(C)C)CCC1)c1ccc(C(N)=O)cc1N. The van der Waals surface area contributed by atoms with Crippen LogP contribution in [0.15, 0.2) is 18.2 Å². The van der Waals surface area contributed by atoms with Crippen molar-refractivity contribution in [2.75, 3.05) is 38.3 Å². The number of carbonyl (C=O) groups is 1. The van der Waals surface area contributed by atoms with Gasteiger partial charge in [0.15, 0.2) is 0 Å². The maximum Gasteiger partial charge on any atom is 0.248 e. The summed E-state index contributed by atoms with van der Waals surface area (Å²) in [6, 6.07) is 5.25. The van der Waals surface area contributed by atoms with E-state index < -0.39 is 5.91 Å². The molecule has 1 fully saturated rings. The van der Waals surface area contributed by atoms with E-state index in [0.29, 0.717) is 11.3 Å². The second-order valence-corrected chi connectivity index (χ2v) is 5.97. The molecule has 5 heteroatoms. The number of amides is 1. The summed E-state index contributed by atoms with van der Waals surface area (Å²) in [5.74, 6) is -0.449. The molecule has 0 unspecified atom stereocenters. The summed E-state index contributed by atoms with van der Waals surface area (Å²) in [6.07, 6.45) is 3.70. The minimum Gasteiger partial charge on any atom is -0.397 e. The van der Waals surface area contributed by atoms with Gasteiger partial charge in [0, 0.05) is 24.7 Å². The molecule has 1 amide bonds. The molecule has 0 heterocycles. The average molecular weight is 276 g/mol. The first-order chi connectivity index (χ1) is 9.35. The minimum atomic E-state index is -0.449. The van der Waals surface area contributed by atoms with Crippen LogP contribution >= 0.6 is 0 Å². The van der Waals surface area contributed by atoms with Crippen LogP contribution in [-0.2, 0) is 0 Å². The van der Waals surface area contributed by atoms with E-state index in [2.05, 4.69) is 23.9 Å². The molecule has 1 aliphatic carbocycles. The molecule has 4 N–H and O–H groups in total. The maximum absolute atomic E-state index is 11.2. The number of nitrogens with two attached hydrogens (primary N) is 2. The third kappa shape index (κ3) is 2.58. The van der Waals surface area contributed by atoms with Gasteiger partial charge in [0.2, 0.25) is 5.91 Å². The molecular formula is C15H24N4O. The van der Waals surface area contributed by atoms with E-state index in [-0.39, 0.29) is 5.54 Å². The third-order valence-corrected chi connectivity index (χ3v) is 4.49. The van der Waals surface area contributed by atoms with Gasteiger partial charge in [0.05, 0.1) is 11.4 Å². The number of hydrogen-bond donors (Lipinski definition) is 2. The third-order valence-electron chi connectivity index (χ3n) is 4.49. The quantitative estimate of drug-likeness (QED) is 0.795. The lowest BCUT2D eigenvalue weighted by atomic mass is 9.75. The van der Waals surface area contributed by atoms with Crippen LogP contribution in [0.4, 0.5) is 11.4 Å². The molecule has 0 aliphatic heterocycles. The molecular weight excluding hydrogens is 252 g/mol. The Morgan fingerprint density at radius 1 is 1.30 bits per heavy atom. The normalized spacial score (nSPS) is 16.8. The number of primary amides is 1. The standard InChI is InChI=1S/C15H24N4O/c1-18(2)15(7-4-8-15)10-19(3)13-6-5-11(14(17)20)9-12(13)16/h5-6,9H,4,7-8,10,16H2,1-3H3,(H2,17,20). The van der Waals surface area contributed by atoms with Gasteiger partial charge < -0.3 is 21.3 Å². The number of carbonyl (C=O) groups excluding carboxylic acids is 1. The van der Waals surface area contributed by atoms with Crippen molar-refractivity contribution < 1.29 is 4.79 Å². The largest absolute Gasteiger partial charge is 0.397 e. The predicted octanol–water partition coefficient (Wildman–Crippen LogP) is 1.29. The second kappa shape index (κ2) is 5.32. The Kier molecular flexibility index (Phi) is 3.90. The van der Waals surface area contributed by atoms with Crippen LogP contribution < -0.4 is 16.4 Å². The van der Waals surface area contributed by atoms with E-state index >= 15 is 0 Å². The van der Waals surface area contributed by atoms with E-state index in [1.165, 1.54) is 19.3 Å². The van der Waals surface area contributed by atoms with Gasteiger partial charge in [-0.3, -0.25) is 4.79 Å². The Hall–Kier alpha value is -1.75. The van der Waals surface area contributed by atoms with Gasteiger partial charge in [-0.2, -0.15) is 0 Å². The summed E-state index contributed by atoms with van der Waals surface area (Å²) in [6.45, 7) is 0.931. The van der Waals surface area contributed by atoms with Gasteiger partial charge in [-0.1, -0.05) is 0 Å². The highest BCUT2D eigenvalue weighted by Gasteiger charge is 2.40. The van der Waals surface area contributed by atoms with E-state index in [4.69, 9.17) is 11.5 Å². The number of rotatable bonds is 5. The van der Waals surface area contributed by atoms with E-state index in [1.807, 2.05) is 13.1 Å². The zero-order valence-corrected chi connectivity index (χ0v) is 12.5. The Morgan fingerprint density at radius 3 is 2.35 bits per heavy atom. The van der Waals surface area contributed by atoms with E-state index in [0.717, 1.165) is 12.2 Å². The van der Waals surface area contributed by atoms with Gasteiger partial charge in [-0.25, -0.2) is 0 Å². The second-order valence-electron chi connectivity index (χ2n) is 5.97. The molecule has 110 valence electrons. The van der Waals surface area contributed by atoms with Gasteiger partial charge in [0.1, 0.15) is 0 Å². The Bertz CT molecular complexity index is 509. The van der Waals surface area contributed by atoms with Crippen molar-refractivity contribution in [3.05, 3.63) is 23.8 Å². The molecule has 1 aliphatic rings. The van der Waals surface area contributed by atoms with Crippen LogP contribution in [0.3, 0.4) is 0 Å². The topological polar surface area (TPSA) is 75.6 Å². The van der Waals surface area contributed by atoms with Crippen LogP contribution in [0.1, 0.15) is 29.6 Å². The lowest BCUT2D eigenvalue weighted by molar-refractivity contribution is 0.0683. The first-order valence-corrected chi connectivity index (χ1v) is 6.94. The van der Waals surface area contributed by atoms with Crippen molar-refractivity contribution in [1.82, 2.24) is 4.90 Å². The lowest BCUT2D eigenvalue weighted by Gasteiger charge is -2.49. The zero-order valence-electron chi connectivity index (χ0n) is 12.5. The molecule has 1 saturated carbocycles. The monoisotopic (exact) mass is 276 g/mol. The van der Waals surface area contributed by atoms with E-state index in [1.54, 1.807) is 12.1 Å². The first-order valence-electron chi connectivity index (χ1n) is 6.94. The fourth-order valence-electron chi connectivity index (χ4n) is 2.91. The van der Waals surface area contributed by atoms with Crippen molar-refractivity contribution in [3.8, 4) is 0 Å². The number of anilines is 2. The number of nitrogens with zero attached hydrogens (tertiary/aromatic N) is 2. The van der Waals surface area contributed by atoms with Crippen LogP contribution in [0.5, 0.6) is 0 Å². The van der Waals surface area contributed by atoms with E-state index in [9.17, 15) is 4.79 Å². The lowest BCUT2D eigenvalue weighted by Crippen LogP contribution is -2.56. The zero-order chi connectivity index (χ0) is 14.9. The highest BCUT2D eigenvalue weighted by atomic mass is 16.1. The predicted molar refractivity (Wildman–Crippen MR) is 82.9 cm³/mol. The molecule has 20 heavy (non-hydrogen) atoms. The van der Waals surface area contributed by atoms with Gasteiger partial charge in [0.25, 0.3) is 0 Å². The van der Waals surface area contributed by atoms with Gasteiger partial charge in [-0.15, -0.1) is 0 Å². The maximum atomic E-state index is 11.2. The average Bonchev–Trinajstić information content (AvgIpc) is 2.32. The smallest absolute Gasteiger partial charge is 0.248 e. The molecule has 0 bridgehead atoms. The molecule has 2 rings (SSSR count).